The van der Waals surface area contributed by atoms with Crippen LogP contribution in [0.1, 0.15) is 33.9 Å². The van der Waals surface area contributed by atoms with E-state index in [0.717, 1.165) is 16.2 Å². The Balaban J connectivity index is 1.86. The summed E-state index contributed by atoms with van der Waals surface area (Å²) in [5.41, 5.74) is 5.31. The van der Waals surface area contributed by atoms with Crippen LogP contribution in [0.5, 0.6) is 11.5 Å². The molecule has 0 aliphatic carbocycles. The average Bonchev–Trinajstić information content (AvgIpc) is 2.84. The average molecular weight is 410 g/mol. The normalized spacial score (nSPS) is 16.2. The van der Waals surface area contributed by atoms with E-state index in [2.05, 4.69) is 31.2 Å². The van der Waals surface area contributed by atoms with E-state index in [0.29, 0.717) is 22.7 Å². The second-order valence-corrected chi connectivity index (χ2v) is 8.70. The smallest absolute Gasteiger partial charge is 0.125 e. The van der Waals surface area contributed by atoms with Crippen molar-refractivity contribution in [2.24, 2.45) is 4.99 Å². The van der Waals surface area contributed by atoms with Crippen molar-refractivity contribution in [2.45, 2.75) is 30.4 Å². The molecule has 4 rings (SSSR count). The lowest BCUT2D eigenvalue weighted by molar-refractivity contribution is 0.473. The molecule has 0 amide bonds. The fraction of sp³-hybridized carbons (Fsp3) is 0.174. The lowest BCUT2D eigenvalue weighted by Gasteiger charge is -2.17. The summed E-state index contributed by atoms with van der Waals surface area (Å²) in [6.07, 6.45) is 0.635. The molecule has 0 bridgehead atoms. The topological polar surface area (TPSA) is 52.8 Å². The summed E-state index contributed by atoms with van der Waals surface area (Å²) in [5, 5.41) is 21.2. The molecule has 2 N–H and O–H groups in total. The van der Waals surface area contributed by atoms with Crippen LogP contribution in [0.2, 0.25) is 5.02 Å². The van der Waals surface area contributed by atoms with Crippen molar-refractivity contribution in [3.8, 4) is 11.5 Å². The number of hydrogen-bond acceptors (Lipinski definition) is 4. The first-order valence-electron chi connectivity index (χ1n) is 9.04. The molecule has 1 aliphatic rings. The zero-order valence-corrected chi connectivity index (χ0v) is 17.2. The van der Waals surface area contributed by atoms with Gasteiger partial charge in [0.05, 0.1) is 11.4 Å². The summed E-state index contributed by atoms with van der Waals surface area (Å²) in [7, 11) is 0. The van der Waals surface area contributed by atoms with Crippen molar-refractivity contribution in [3.63, 3.8) is 0 Å². The molecular weight excluding hydrogens is 390 g/mol. The molecule has 5 heteroatoms. The minimum Gasteiger partial charge on any atom is -0.508 e. The number of halogens is 1. The standard InChI is InChI=1S/C23H20ClNO2S/c1-13-3-5-15(6-4-13)23-12-19(17-11-18(24)14(2)9-21(17)27)25-20-10-16(26)7-8-22(20)28-23/h3-11,23,26-27H,12H2,1-2H3. The Kier molecular flexibility index (Phi) is 5.09. The number of nitrogens with zero attached hydrogens (tertiary/aromatic N) is 1. The Morgan fingerprint density at radius 2 is 1.75 bits per heavy atom. The van der Waals surface area contributed by atoms with Gasteiger partial charge < -0.3 is 10.2 Å². The fourth-order valence-corrected chi connectivity index (χ4v) is 4.67. The molecular formula is C23H20ClNO2S. The lowest BCUT2D eigenvalue weighted by Crippen LogP contribution is -2.06. The zero-order chi connectivity index (χ0) is 19.8. The number of thioether (sulfide) groups is 1. The van der Waals surface area contributed by atoms with Gasteiger partial charge in [-0.3, -0.25) is 4.99 Å². The third kappa shape index (κ3) is 3.75. The summed E-state index contributed by atoms with van der Waals surface area (Å²) in [6, 6.07) is 17.2. The molecule has 1 heterocycles. The van der Waals surface area contributed by atoms with Gasteiger partial charge in [-0.15, -0.1) is 11.8 Å². The van der Waals surface area contributed by atoms with E-state index in [1.165, 1.54) is 11.1 Å². The van der Waals surface area contributed by atoms with E-state index < -0.39 is 0 Å². The number of phenols is 2. The highest BCUT2D eigenvalue weighted by molar-refractivity contribution is 7.99. The van der Waals surface area contributed by atoms with Gasteiger partial charge in [-0.25, -0.2) is 0 Å². The Morgan fingerprint density at radius 3 is 2.50 bits per heavy atom. The third-order valence-electron chi connectivity index (χ3n) is 4.88. The number of hydrogen-bond donors (Lipinski definition) is 2. The molecule has 3 aromatic carbocycles. The molecule has 1 unspecified atom stereocenters. The van der Waals surface area contributed by atoms with Crippen LogP contribution in [0.4, 0.5) is 5.69 Å². The van der Waals surface area contributed by atoms with Crippen LogP contribution in [0.3, 0.4) is 0 Å². The van der Waals surface area contributed by atoms with Crippen LogP contribution in [0, 0.1) is 13.8 Å². The molecule has 0 radical (unpaired) electrons. The van der Waals surface area contributed by atoms with Gasteiger partial charge in [0.15, 0.2) is 0 Å². The first-order chi connectivity index (χ1) is 13.4. The van der Waals surface area contributed by atoms with E-state index in [9.17, 15) is 10.2 Å². The number of fused-ring (bicyclic) bond motifs is 1. The Labute approximate surface area is 173 Å². The van der Waals surface area contributed by atoms with Gasteiger partial charge in [0.1, 0.15) is 11.5 Å². The van der Waals surface area contributed by atoms with Crippen LogP contribution in [0.15, 0.2) is 64.5 Å². The summed E-state index contributed by atoms with van der Waals surface area (Å²) < 4.78 is 0. The molecule has 0 aromatic heterocycles. The molecule has 1 atom stereocenters. The van der Waals surface area contributed by atoms with Crippen LogP contribution >= 0.6 is 23.4 Å². The maximum Gasteiger partial charge on any atom is 0.125 e. The van der Waals surface area contributed by atoms with Crippen molar-refractivity contribution in [1.82, 2.24) is 0 Å². The maximum atomic E-state index is 10.6. The minimum absolute atomic E-state index is 0.129. The predicted octanol–water partition coefficient (Wildman–Crippen LogP) is 6.73. The van der Waals surface area contributed by atoms with Crippen molar-refractivity contribution in [2.75, 3.05) is 0 Å². The van der Waals surface area contributed by atoms with E-state index in [-0.39, 0.29) is 16.7 Å². The fourth-order valence-electron chi connectivity index (χ4n) is 3.29. The highest BCUT2D eigenvalue weighted by atomic mass is 35.5. The van der Waals surface area contributed by atoms with Crippen LogP contribution in [-0.2, 0) is 0 Å². The quantitative estimate of drug-likeness (QED) is 0.493. The second kappa shape index (κ2) is 7.53. The van der Waals surface area contributed by atoms with Gasteiger partial charge in [0.25, 0.3) is 0 Å². The number of aromatic hydroxyl groups is 2. The number of benzene rings is 3. The largest absolute Gasteiger partial charge is 0.508 e. The van der Waals surface area contributed by atoms with Crippen molar-refractivity contribution >= 4 is 34.8 Å². The number of aliphatic imine (C=N–C) groups is 1. The summed E-state index contributed by atoms with van der Waals surface area (Å²) in [5.74, 6) is 0.333. The predicted molar refractivity (Wildman–Crippen MR) is 117 cm³/mol. The van der Waals surface area contributed by atoms with Gasteiger partial charge in [0.2, 0.25) is 0 Å². The van der Waals surface area contributed by atoms with E-state index >= 15 is 0 Å². The molecule has 0 fully saturated rings. The highest BCUT2D eigenvalue weighted by Crippen LogP contribution is 2.47. The third-order valence-corrected chi connectivity index (χ3v) is 6.61. The SMILES string of the molecule is Cc1ccc(C2CC(c3cc(Cl)c(C)cc3O)=Nc3cc(O)ccc3S2)cc1. The molecule has 28 heavy (non-hydrogen) atoms. The maximum absolute atomic E-state index is 10.6. The second-order valence-electron chi connectivity index (χ2n) is 7.05. The van der Waals surface area contributed by atoms with Crippen molar-refractivity contribution in [1.29, 1.82) is 0 Å². The molecule has 0 saturated heterocycles. The first-order valence-corrected chi connectivity index (χ1v) is 10.3. The van der Waals surface area contributed by atoms with Crippen LogP contribution in [-0.4, -0.2) is 15.9 Å². The van der Waals surface area contributed by atoms with E-state index in [1.54, 1.807) is 36.0 Å². The van der Waals surface area contributed by atoms with Crippen molar-refractivity contribution in [3.05, 3.63) is 81.9 Å². The van der Waals surface area contributed by atoms with Crippen molar-refractivity contribution < 1.29 is 10.2 Å². The Morgan fingerprint density at radius 1 is 1.00 bits per heavy atom. The Bertz CT molecular complexity index is 1080. The molecule has 3 nitrogen and oxygen atoms in total. The zero-order valence-electron chi connectivity index (χ0n) is 15.6. The van der Waals surface area contributed by atoms with Gasteiger partial charge in [-0.1, -0.05) is 41.4 Å². The number of phenolic OH excluding ortho intramolecular Hbond substituents is 2. The number of rotatable bonds is 2. The minimum atomic E-state index is 0.129. The van der Waals surface area contributed by atoms with Crippen LogP contribution < -0.4 is 0 Å². The van der Waals surface area contributed by atoms with Gasteiger partial charge in [-0.05, 0) is 49.2 Å². The van der Waals surface area contributed by atoms with Gasteiger partial charge in [-0.2, -0.15) is 0 Å². The monoisotopic (exact) mass is 409 g/mol. The summed E-state index contributed by atoms with van der Waals surface area (Å²) in [4.78, 5) is 5.81. The lowest BCUT2D eigenvalue weighted by atomic mass is 9.99. The summed E-state index contributed by atoms with van der Waals surface area (Å²) >= 11 is 8.05. The molecule has 1 aliphatic heterocycles. The van der Waals surface area contributed by atoms with E-state index in [4.69, 9.17) is 16.6 Å². The molecule has 0 saturated carbocycles. The highest BCUT2D eigenvalue weighted by Gasteiger charge is 2.24. The number of aryl methyl sites for hydroxylation is 2. The van der Waals surface area contributed by atoms with Gasteiger partial charge >= 0.3 is 0 Å². The Hall–Kier alpha value is -2.43. The molecule has 3 aromatic rings. The first kappa shape index (κ1) is 18.9. The van der Waals surface area contributed by atoms with Gasteiger partial charge in [0, 0.05) is 33.2 Å². The molecule has 0 spiro atoms. The summed E-state index contributed by atoms with van der Waals surface area (Å²) in [6.45, 7) is 3.93. The van der Waals surface area contributed by atoms with E-state index in [1.807, 2.05) is 13.0 Å². The van der Waals surface area contributed by atoms with Crippen LogP contribution in [0.25, 0.3) is 0 Å². The molecule has 142 valence electrons.